The van der Waals surface area contributed by atoms with Crippen molar-refractivity contribution in [3.05, 3.63) is 125 Å². The smallest absolute Gasteiger partial charge is 0.269 e. The number of thiazole rings is 1. The minimum absolute atomic E-state index is 0.0300. The predicted octanol–water partition coefficient (Wildman–Crippen LogP) is 7.44. The number of carbonyl (C=O) groups excluding carboxylic acids is 1. The lowest BCUT2D eigenvalue weighted by molar-refractivity contribution is -0.384. The molecule has 0 aliphatic heterocycles. The first-order valence-corrected chi connectivity index (χ1v) is 11.8. The van der Waals surface area contributed by atoms with Crippen LogP contribution in [-0.2, 0) is 0 Å². The van der Waals surface area contributed by atoms with Crippen LogP contribution in [0.3, 0.4) is 0 Å². The van der Waals surface area contributed by atoms with Crippen molar-refractivity contribution in [2.45, 2.75) is 0 Å². The third-order valence-electron chi connectivity index (χ3n) is 5.56. The van der Waals surface area contributed by atoms with Crippen LogP contribution < -0.4 is 5.32 Å². The highest BCUT2D eigenvalue weighted by molar-refractivity contribution is 7.19. The van der Waals surface area contributed by atoms with Crippen molar-refractivity contribution in [1.29, 1.82) is 0 Å². The molecule has 1 heterocycles. The molecular formula is C28H18FN3O3S. The number of rotatable bonds is 6. The maximum absolute atomic E-state index is 13.6. The first-order valence-electron chi connectivity index (χ1n) is 11.0. The van der Waals surface area contributed by atoms with Crippen molar-refractivity contribution in [2.75, 3.05) is 5.32 Å². The zero-order valence-corrected chi connectivity index (χ0v) is 19.5. The largest absolute Gasteiger partial charge is 0.298 e. The summed E-state index contributed by atoms with van der Waals surface area (Å²) in [5.41, 5.74) is 4.08. The summed E-state index contributed by atoms with van der Waals surface area (Å²) in [5.74, 6) is -0.694. The molecule has 1 N–H and O–H groups in total. The molecule has 0 fully saturated rings. The van der Waals surface area contributed by atoms with E-state index in [2.05, 4.69) is 10.3 Å². The van der Waals surface area contributed by atoms with Crippen molar-refractivity contribution in [2.24, 2.45) is 0 Å². The molecule has 0 radical (unpaired) electrons. The Hall–Kier alpha value is -4.69. The quantitative estimate of drug-likeness (QED) is 0.196. The van der Waals surface area contributed by atoms with Crippen LogP contribution in [0.1, 0.15) is 10.4 Å². The van der Waals surface area contributed by atoms with Gasteiger partial charge in [0.1, 0.15) is 5.82 Å². The summed E-state index contributed by atoms with van der Waals surface area (Å²) in [7, 11) is 0. The molecule has 0 saturated heterocycles. The van der Waals surface area contributed by atoms with E-state index in [1.165, 1.54) is 35.6 Å². The number of benzene rings is 4. The van der Waals surface area contributed by atoms with Gasteiger partial charge in [0.15, 0.2) is 5.13 Å². The van der Waals surface area contributed by atoms with Gasteiger partial charge in [-0.25, -0.2) is 9.37 Å². The van der Waals surface area contributed by atoms with Crippen LogP contribution >= 0.6 is 11.3 Å². The zero-order chi connectivity index (χ0) is 25.1. The monoisotopic (exact) mass is 495 g/mol. The summed E-state index contributed by atoms with van der Waals surface area (Å²) in [6.45, 7) is 0. The molecule has 0 atom stereocenters. The molecule has 36 heavy (non-hydrogen) atoms. The summed E-state index contributed by atoms with van der Waals surface area (Å²) >= 11 is 1.24. The van der Waals surface area contributed by atoms with E-state index < -0.39 is 4.92 Å². The van der Waals surface area contributed by atoms with E-state index in [9.17, 15) is 19.3 Å². The van der Waals surface area contributed by atoms with Gasteiger partial charge in [0, 0.05) is 23.3 Å². The fourth-order valence-electron chi connectivity index (χ4n) is 3.82. The van der Waals surface area contributed by atoms with Gasteiger partial charge in [0.2, 0.25) is 0 Å². The lowest BCUT2D eigenvalue weighted by atomic mass is 9.99. The van der Waals surface area contributed by atoms with Gasteiger partial charge in [0.25, 0.3) is 11.6 Å². The van der Waals surface area contributed by atoms with Crippen molar-refractivity contribution in [1.82, 2.24) is 4.98 Å². The lowest BCUT2D eigenvalue weighted by Gasteiger charge is -2.09. The number of nitro groups is 1. The highest BCUT2D eigenvalue weighted by Crippen LogP contribution is 2.40. The summed E-state index contributed by atoms with van der Waals surface area (Å²) < 4.78 is 13.6. The third-order valence-corrected chi connectivity index (χ3v) is 6.58. The molecule has 176 valence electrons. The summed E-state index contributed by atoms with van der Waals surface area (Å²) in [6, 6.07) is 28.9. The Morgan fingerprint density at radius 2 is 1.44 bits per heavy atom. The van der Waals surface area contributed by atoms with E-state index in [4.69, 9.17) is 0 Å². The summed E-state index contributed by atoms with van der Waals surface area (Å²) in [6.07, 6.45) is 0. The van der Waals surface area contributed by atoms with E-state index in [-0.39, 0.29) is 17.4 Å². The number of carbonyl (C=O) groups is 1. The second-order valence-electron chi connectivity index (χ2n) is 7.87. The van der Waals surface area contributed by atoms with Crippen molar-refractivity contribution >= 4 is 28.1 Å². The number of nitrogens with one attached hydrogen (secondary N) is 1. The van der Waals surface area contributed by atoms with Crippen LogP contribution in [0.25, 0.3) is 32.8 Å². The molecular weight excluding hydrogens is 477 g/mol. The number of nitrogens with zero attached hydrogens (tertiary/aromatic N) is 2. The molecule has 0 aliphatic rings. The van der Waals surface area contributed by atoms with Crippen LogP contribution in [0.15, 0.2) is 103 Å². The maximum Gasteiger partial charge on any atom is 0.269 e. The lowest BCUT2D eigenvalue weighted by Crippen LogP contribution is -2.13. The minimum Gasteiger partial charge on any atom is -0.298 e. The third kappa shape index (κ3) is 4.75. The number of nitro benzene ring substituents is 1. The molecule has 4 aromatic carbocycles. The fraction of sp³-hybridized carbons (Fsp3) is 0. The molecule has 0 spiro atoms. The molecule has 8 heteroatoms. The highest BCUT2D eigenvalue weighted by atomic mass is 32.1. The van der Waals surface area contributed by atoms with Crippen LogP contribution in [0, 0.1) is 15.9 Å². The number of halogens is 1. The SMILES string of the molecule is O=C(Nc1nc(-c2ccc(F)cc2)c(-c2ccc([N+](=O)[O-])cc2)s1)c1ccccc1-c1ccccc1. The van der Waals surface area contributed by atoms with Crippen LogP contribution in [0.4, 0.5) is 15.2 Å². The molecule has 0 aliphatic carbocycles. The summed E-state index contributed by atoms with van der Waals surface area (Å²) in [5, 5.41) is 14.3. The van der Waals surface area contributed by atoms with Crippen molar-refractivity contribution in [3.8, 4) is 32.8 Å². The molecule has 5 aromatic rings. The molecule has 5 rings (SSSR count). The van der Waals surface area contributed by atoms with E-state index >= 15 is 0 Å². The number of amides is 1. The van der Waals surface area contributed by atoms with Crippen molar-refractivity contribution in [3.63, 3.8) is 0 Å². The van der Waals surface area contributed by atoms with Crippen LogP contribution in [0.2, 0.25) is 0 Å². The predicted molar refractivity (Wildman–Crippen MR) is 139 cm³/mol. The Balaban J connectivity index is 1.53. The van der Waals surface area contributed by atoms with Gasteiger partial charge in [-0.05, 0) is 59.2 Å². The molecule has 1 amide bonds. The van der Waals surface area contributed by atoms with E-state index in [0.29, 0.717) is 32.4 Å². The Morgan fingerprint density at radius 3 is 2.14 bits per heavy atom. The first-order chi connectivity index (χ1) is 17.5. The maximum atomic E-state index is 13.6. The topological polar surface area (TPSA) is 85.1 Å². The standard InChI is InChI=1S/C28H18FN3O3S/c29-21-14-10-19(11-15-21)25-26(20-12-16-22(17-13-20)32(34)35)36-28(30-25)31-27(33)24-9-5-4-8-23(24)18-6-2-1-3-7-18/h1-17H,(H,30,31,33). The highest BCUT2D eigenvalue weighted by Gasteiger charge is 2.19. The Kier molecular flexibility index (Phi) is 6.34. The number of hydrogen-bond donors (Lipinski definition) is 1. The van der Waals surface area contributed by atoms with Gasteiger partial charge >= 0.3 is 0 Å². The van der Waals surface area contributed by atoms with Gasteiger partial charge < -0.3 is 0 Å². The van der Waals surface area contributed by atoms with E-state index in [0.717, 1.165) is 11.1 Å². The molecule has 6 nitrogen and oxygen atoms in total. The minimum atomic E-state index is -0.465. The van der Waals surface area contributed by atoms with Gasteiger partial charge in [-0.2, -0.15) is 0 Å². The van der Waals surface area contributed by atoms with Gasteiger partial charge in [-0.15, -0.1) is 0 Å². The number of non-ortho nitro benzene ring substituents is 1. The fourth-order valence-corrected chi connectivity index (χ4v) is 4.81. The Labute approximate surface area is 209 Å². The van der Waals surface area contributed by atoms with Crippen LogP contribution in [-0.4, -0.2) is 15.8 Å². The van der Waals surface area contributed by atoms with Gasteiger partial charge in [-0.3, -0.25) is 20.2 Å². The Morgan fingerprint density at radius 1 is 0.806 bits per heavy atom. The number of anilines is 1. The second-order valence-corrected chi connectivity index (χ2v) is 8.87. The van der Waals surface area contributed by atoms with Crippen molar-refractivity contribution < 1.29 is 14.1 Å². The zero-order valence-electron chi connectivity index (χ0n) is 18.7. The normalized spacial score (nSPS) is 10.7. The molecule has 0 unspecified atom stereocenters. The second kappa shape index (κ2) is 9.89. The average molecular weight is 496 g/mol. The van der Waals surface area contributed by atoms with Gasteiger partial charge in [0.05, 0.1) is 15.5 Å². The van der Waals surface area contributed by atoms with Gasteiger partial charge in [-0.1, -0.05) is 59.9 Å². The summed E-state index contributed by atoms with van der Waals surface area (Å²) in [4.78, 5) is 29.2. The van der Waals surface area contributed by atoms with E-state index in [1.807, 2.05) is 42.5 Å². The average Bonchev–Trinajstić information content (AvgIpc) is 3.33. The van der Waals surface area contributed by atoms with E-state index in [1.54, 1.807) is 36.4 Å². The Bertz CT molecular complexity index is 1550. The molecule has 0 bridgehead atoms. The molecule has 1 aromatic heterocycles. The number of hydrogen-bond acceptors (Lipinski definition) is 5. The van der Waals surface area contributed by atoms with Crippen LogP contribution in [0.5, 0.6) is 0 Å². The number of aromatic nitrogens is 1. The molecule has 0 saturated carbocycles. The first kappa shape index (κ1) is 23.1.